The van der Waals surface area contributed by atoms with E-state index in [2.05, 4.69) is 20.9 Å². The van der Waals surface area contributed by atoms with Gasteiger partial charge in [0.1, 0.15) is 11.8 Å². The lowest BCUT2D eigenvalue weighted by Crippen LogP contribution is -2.23. The molecule has 2 N–H and O–H groups in total. The number of aromatic nitrogens is 2. The van der Waals surface area contributed by atoms with Crippen LogP contribution < -0.4 is 11.3 Å². The van der Waals surface area contributed by atoms with Crippen molar-refractivity contribution < 1.29 is 0 Å². The second-order valence-corrected chi connectivity index (χ2v) is 4.87. The van der Waals surface area contributed by atoms with E-state index in [-0.39, 0.29) is 12.1 Å². The first-order valence-corrected chi connectivity index (χ1v) is 6.33. The highest BCUT2D eigenvalue weighted by atomic mass is 79.9. The smallest absolute Gasteiger partial charge is 0.265 e. The molecule has 0 aliphatic rings. The van der Waals surface area contributed by atoms with Crippen LogP contribution in [0.5, 0.6) is 0 Å². The topological polar surface area (TPSA) is 84.7 Å². The lowest BCUT2D eigenvalue weighted by molar-refractivity contribution is 0.749. The Hall–Kier alpha value is -2.13. The zero-order valence-electron chi connectivity index (χ0n) is 10.2. The molecule has 0 aromatic carbocycles. The molecule has 2 aromatic rings. The molecule has 0 aliphatic carbocycles. The van der Waals surface area contributed by atoms with E-state index in [1.807, 2.05) is 6.07 Å². The van der Waals surface area contributed by atoms with Crippen LogP contribution in [-0.2, 0) is 6.54 Å². The largest absolute Gasteiger partial charge is 0.397 e. The van der Waals surface area contributed by atoms with Crippen LogP contribution in [0.25, 0.3) is 0 Å². The predicted octanol–water partition coefficient (Wildman–Crippen LogP) is 1.82. The molecular formula is C13H11BrN4O. The van der Waals surface area contributed by atoms with Gasteiger partial charge >= 0.3 is 0 Å². The van der Waals surface area contributed by atoms with Crippen molar-refractivity contribution in [3.63, 3.8) is 0 Å². The Morgan fingerprint density at radius 3 is 3.00 bits per heavy atom. The van der Waals surface area contributed by atoms with Gasteiger partial charge in [0.2, 0.25) is 0 Å². The maximum Gasteiger partial charge on any atom is 0.265 e. The van der Waals surface area contributed by atoms with Crippen molar-refractivity contribution in [3.8, 4) is 6.07 Å². The highest BCUT2D eigenvalue weighted by Gasteiger charge is 2.10. The number of hydrogen-bond donors (Lipinski definition) is 1. The molecule has 6 heteroatoms. The van der Waals surface area contributed by atoms with Crippen LogP contribution >= 0.6 is 15.9 Å². The summed E-state index contributed by atoms with van der Waals surface area (Å²) in [6, 6.07) is 5.50. The fourth-order valence-electron chi connectivity index (χ4n) is 1.70. The average Bonchev–Trinajstić information content (AvgIpc) is 2.43. The number of pyridine rings is 2. The van der Waals surface area contributed by atoms with Gasteiger partial charge in [0.25, 0.3) is 5.56 Å². The SMILES string of the molecule is Cc1c(N)cn(Cc2cccnc2C#N)c(=O)c1Br. The summed E-state index contributed by atoms with van der Waals surface area (Å²) in [5.74, 6) is 0. The van der Waals surface area contributed by atoms with Crippen LogP contribution in [0.4, 0.5) is 5.69 Å². The van der Waals surface area contributed by atoms with Crippen molar-refractivity contribution >= 4 is 21.6 Å². The summed E-state index contributed by atoms with van der Waals surface area (Å²) in [7, 11) is 0. The van der Waals surface area contributed by atoms with Crippen molar-refractivity contribution in [2.24, 2.45) is 0 Å². The zero-order chi connectivity index (χ0) is 14.0. The number of hydrogen-bond acceptors (Lipinski definition) is 4. The fraction of sp³-hybridized carbons (Fsp3) is 0.154. The Labute approximate surface area is 118 Å². The van der Waals surface area contributed by atoms with Crippen LogP contribution in [-0.4, -0.2) is 9.55 Å². The zero-order valence-corrected chi connectivity index (χ0v) is 11.8. The molecule has 2 aromatic heterocycles. The first kappa shape index (κ1) is 13.3. The molecule has 0 unspecified atom stereocenters. The quantitative estimate of drug-likeness (QED) is 0.915. The molecule has 96 valence electrons. The molecule has 0 atom stereocenters. The normalized spacial score (nSPS) is 10.2. The monoisotopic (exact) mass is 318 g/mol. The summed E-state index contributed by atoms with van der Waals surface area (Å²) in [6.07, 6.45) is 3.13. The molecule has 0 bridgehead atoms. The summed E-state index contributed by atoms with van der Waals surface area (Å²) >= 11 is 3.24. The Kier molecular flexibility index (Phi) is 3.67. The van der Waals surface area contributed by atoms with Crippen molar-refractivity contribution in [2.75, 3.05) is 5.73 Å². The summed E-state index contributed by atoms with van der Waals surface area (Å²) in [4.78, 5) is 16.1. The maximum atomic E-state index is 12.1. The van der Waals surface area contributed by atoms with Crippen molar-refractivity contribution in [1.82, 2.24) is 9.55 Å². The lowest BCUT2D eigenvalue weighted by Gasteiger charge is -2.11. The molecule has 0 spiro atoms. The average molecular weight is 319 g/mol. The summed E-state index contributed by atoms with van der Waals surface area (Å²) in [5, 5.41) is 8.99. The number of nitrogens with zero attached hydrogens (tertiary/aromatic N) is 3. The minimum Gasteiger partial charge on any atom is -0.397 e. The summed E-state index contributed by atoms with van der Waals surface area (Å²) in [6.45, 7) is 2.04. The van der Waals surface area contributed by atoms with Gasteiger partial charge in [-0.3, -0.25) is 4.79 Å². The van der Waals surface area contributed by atoms with Gasteiger partial charge in [-0.05, 0) is 34.5 Å². The number of rotatable bonds is 2. The molecule has 2 heterocycles. The number of halogens is 1. The number of nitrogens with two attached hydrogens (primary N) is 1. The van der Waals surface area contributed by atoms with Crippen molar-refractivity contribution in [1.29, 1.82) is 5.26 Å². The third-order valence-electron chi connectivity index (χ3n) is 2.84. The third kappa shape index (κ3) is 2.51. The van der Waals surface area contributed by atoms with Gasteiger partial charge in [-0.2, -0.15) is 5.26 Å². The minimum absolute atomic E-state index is 0.181. The lowest BCUT2D eigenvalue weighted by atomic mass is 10.2. The van der Waals surface area contributed by atoms with Gasteiger partial charge in [0.15, 0.2) is 0 Å². The molecule has 0 fully saturated rings. The van der Waals surface area contributed by atoms with E-state index in [1.54, 1.807) is 31.5 Å². The Morgan fingerprint density at radius 1 is 1.58 bits per heavy atom. The Balaban J connectivity index is 2.51. The van der Waals surface area contributed by atoms with Gasteiger partial charge in [-0.15, -0.1) is 0 Å². The van der Waals surface area contributed by atoms with Gasteiger partial charge in [-0.1, -0.05) is 6.07 Å². The number of nitriles is 1. The van der Waals surface area contributed by atoms with Crippen molar-refractivity contribution in [2.45, 2.75) is 13.5 Å². The molecule has 5 nitrogen and oxygen atoms in total. The van der Waals surface area contributed by atoms with Gasteiger partial charge < -0.3 is 10.3 Å². The van der Waals surface area contributed by atoms with Crippen LogP contribution in [0.1, 0.15) is 16.8 Å². The minimum atomic E-state index is -0.181. The fourth-order valence-corrected chi connectivity index (χ4v) is 2.16. The van der Waals surface area contributed by atoms with Gasteiger partial charge in [0.05, 0.1) is 16.7 Å². The van der Waals surface area contributed by atoms with Crippen LogP contribution in [0.2, 0.25) is 0 Å². The second-order valence-electron chi connectivity index (χ2n) is 4.08. The maximum absolute atomic E-state index is 12.1. The molecule has 0 saturated carbocycles. The molecule has 0 saturated heterocycles. The van der Waals surface area contributed by atoms with Crippen LogP contribution in [0.3, 0.4) is 0 Å². The van der Waals surface area contributed by atoms with E-state index < -0.39 is 0 Å². The summed E-state index contributed by atoms with van der Waals surface area (Å²) in [5.41, 5.74) is 7.89. The van der Waals surface area contributed by atoms with E-state index in [1.165, 1.54) is 4.57 Å². The van der Waals surface area contributed by atoms with E-state index in [0.717, 1.165) is 0 Å². The van der Waals surface area contributed by atoms with Crippen LogP contribution in [0, 0.1) is 18.3 Å². The molecule has 0 amide bonds. The number of nitrogen functional groups attached to an aromatic ring is 1. The first-order valence-electron chi connectivity index (χ1n) is 5.53. The van der Waals surface area contributed by atoms with E-state index in [4.69, 9.17) is 11.0 Å². The summed E-state index contributed by atoms with van der Waals surface area (Å²) < 4.78 is 1.90. The predicted molar refractivity (Wildman–Crippen MR) is 75.6 cm³/mol. The third-order valence-corrected chi connectivity index (χ3v) is 3.78. The number of anilines is 1. The van der Waals surface area contributed by atoms with E-state index in [0.29, 0.717) is 27.0 Å². The first-order chi connectivity index (χ1) is 9.04. The van der Waals surface area contributed by atoms with Gasteiger partial charge in [-0.25, -0.2) is 4.98 Å². The highest BCUT2D eigenvalue weighted by molar-refractivity contribution is 9.10. The van der Waals surface area contributed by atoms with Crippen LogP contribution in [0.15, 0.2) is 33.8 Å². The Morgan fingerprint density at radius 2 is 2.32 bits per heavy atom. The molecule has 0 aliphatic heterocycles. The molecule has 19 heavy (non-hydrogen) atoms. The standard InChI is InChI=1S/C13H11BrN4O/c1-8-10(16)7-18(13(19)12(8)14)6-9-3-2-4-17-11(9)5-15/h2-4,7H,6,16H2,1H3. The molecular weight excluding hydrogens is 308 g/mol. The van der Waals surface area contributed by atoms with E-state index >= 15 is 0 Å². The Bertz CT molecular complexity index is 730. The molecule has 2 rings (SSSR count). The van der Waals surface area contributed by atoms with Gasteiger partial charge in [0, 0.05) is 18.0 Å². The van der Waals surface area contributed by atoms with E-state index in [9.17, 15) is 4.79 Å². The van der Waals surface area contributed by atoms with Crippen molar-refractivity contribution in [3.05, 3.63) is 56.2 Å². The highest BCUT2D eigenvalue weighted by Crippen LogP contribution is 2.17. The molecule has 0 radical (unpaired) electrons. The second kappa shape index (κ2) is 5.24.